The molecular formula is C20H38O4S. The number of hydrogen-bond donors (Lipinski definition) is 2. The highest BCUT2D eigenvalue weighted by molar-refractivity contribution is 7.81. The molecule has 0 aromatic heterocycles. The van der Waals surface area contributed by atoms with Gasteiger partial charge in [-0.25, -0.2) is 0 Å². The molecule has 0 saturated carbocycles. The van der Waals surface area contributed by atoms with Crippen molar-refractivity contribution < 1.29 is 19.4 Å². The van der Waals surface area contributed by atoms with Crippen molar-refractivity contribution in [2.45, 2.75) is 108 Å². The van der Waals surface area contributed by atoms with Crippen LogP contribution in [-0.2, 0) is 14.3 Å². The van der Waals surface area contributed by atoms with Gasteiger partial charge in [0, 0.05) is 0 Å². The van der Waals surface area contributed by atoms with E-state index in [1.165, 1.54) is 77.0 Å². The van der Waals surface area contributed by atoms with Crippen LogP contribution in [0.3, 0.4) is 0 Å². The molecule has 0 radical (unpaired) electrons. The lowest BCUT2D eigenvalue weighted by atomic mass is 10.0. The molecule has 0 spiro atoms. The molecule has 1 unspecified atom stereocenters. The first-order chi connectivity index (χ1) is 12.1. The fraction of sp³-hybridized carbons (Fsp3) is 0.900. The monoisotopic (exact) mass is 374 g/mol. The van der Waals surface area contributed by atoms with Crippen LogP contribution < -0.4 is 0 Å². The third-order valence-electron chi connectivity index (χ3n) is 4.38. The number of carbonyl (C=O) groups excluding carboxylic acids is 1. The topological polar surface area (TPSA) is 63.6 Å². The average Bonchev–Trinajstić information content (AvgIpc) is 2.57. The number of thiol groups is 1. The number of carboxylic acid groups (broad SMARTS) is 1. The van der Waals surface area contributed by atoms with Gasteiger partial charge in [-0.05, 0) is 6.42 Å². The first-order valence-electron chi connectivity index (χ1n) is 10.1. The highest BCUT2D eigenvalue weighted by Gasteiger charge is 2.18. The Kier molecular flexibility index (Phi) is 17.6. The summed E-state index contributed by atoms with van der Waals surface area (Å²) < 4.78 is 5.03. The molecule has 1 N–H and O–H groups in total. The molecule has 0 aliphatic heterocycles. The van der Waals surface area contributed by atoms with Gasteiger partial charge in [-0.3, -0.25) is 9.59 Å². The third-order valence-corrected chi connectivity index (χ3v) is 4.78. The lowest BCUT2D eigenvalue weighted by Gasteiger charge is -2.08. The van der Waals surface area contributed by atoms with Crippen molar-refractivity contribution in [2.24, 2.45) is 0 Å². The van der Waals surface area contributed by atoms with E-state index in [4.69, 9.17) is 9.84 Å². The molecule has 0 rings (SSSR count). The number of aliphatic carboxylic acids is 1. The second-order valence-corrected chi connectivity index (χ2v) is 7.50. The highest BCUT2D eigenvalue weighted by atomic mass is 32.1. The zero-order chi connectivity index (χ0) is 18.8. The van der Waals surface area contributed by atoms with Crippen molar-refractivity contribution in [3.8, 4) is 0 Å². The quantitative estimate of drug-likeness (QED) is 0.181. The molecular weight excluding hydrogens is 336 g/mol. The smallest absolute Gasteiger partial charge is 0.319 e. The second kappa shape index (κ2) is 18.1. The predicted octanol–water partition coefficient (Wildman–Crippen LogP) is 5.78. The Morgan fingerprint density at radius 2 is 1.20 bits per heavy atom. The molecule has 0 aliphatic carbocycles. The Hall–Kier alpha value is -0.710. The number of rotatable bonds is 18. The van der Waals surface area contributed by atoms with Crippen molar-refractivity contribution in [3.63, 3.8) is 0 Å². The minimum absolute atomic E-state index is 0.291. The van der Waals surface area contributed by atoms with E-state index < -0.39 is 17.2 Å². The summed E-state index contributed by atoms with van der Waals surface area (Å²) in [6, 6.07) is 0. The van der Waals surface area contributed by atoms with Gasteiger partial charge in [0.2, 0.25) is 0 Å². The van der Waals surface area contributed by atoms with E-state index in [0.717, 1.165) is 12.8 Å². The average molecular weight is 375 g/mol. The molecule has 148 valence electrons. The van der Waals surface area contributed by atoms with Crippen LogP contribution in [0.1, 0.15) is 103 Å². The Morgan fingerprint density at radius 1 is 0.800 bits per heavy atom. The summed E-state index contributed by atoms with van der Waals surface area (Å²) in [6.07, 6.45) is 17.7. The minimum Gasteiger partial charge on any atom is -0.481 e. The van der Waals surface area contributed by atoms with Gasteiger partial charge < -0.3 is 9.84 Å². The summed E-state index contributed by atoms with van der Waals surface area (Å²) in [7, 11) is 0. The van der Waals surface area contributed by atoms with Crippen LogP contribution >= 0.6 is 12.6 Å². The SMILES string of the molecule is CCCCCCCCCCCCCCCCOC(=O)C(S)CC(=O)O. The number of esters is 1. The Morgan fingerprint density at radius 3 is 1.60 bits per heavy atom. The van der Waals surface area contributed by atoms with E-state index in [9.17, 15) is 9.59 Å². The first kappa shape index (κ1) is 24.3. The van der Waals surface area contributed by atoms with Crippen LogP contribution in [0.5, 0.6) is 0 Å². The largest absolute Gasteiger partial charge is 0.481 e. The summed E-state index contributed by atoms with van der Waals surface area (Å²) >= 11 is 3.94. The maximum absolute atomic E-state index is 11.5. The molecule has 0 bridgehead atoms. The number of carbonyl (C=O) groups is 2. The van der Waals surface area contributed by atoms with Crippen LogP contribution in [0, 0.1) is 0 Å². The van der Waals surface area contributed by atoms with E-state index >= 15 is 0 Å². The Balaban J connectivity index is 3.21. The maximum atomic E-state index is 11.5. The molecule has 4 nitrogen and oxygen atoms in total. The number of hydrogen-bond acceptors (Lipinski definition) is 4. The van der Waals surface area contributed by atoms with E-state index in [2.05, 4.69) is 19.6 Å². The molecule has 0 heterocycles. The van der Waals surface area contributed by atoms with Crippen LogP contribution in [0.2, 0.25) is 0 Å². The van der Waals surface area contributed by atoms with Gasteiger partial charge in [0.05, 0.1) is 13.0 Å². The summed E-state index contributed by atoms with van der Waals surface area (Å²) in [5, 5.41) is 7.72. The van der Waals surface area contributed by atoms with Crippen LogP contribution in [0.15, 0.2) is 0 Å². The number of ether oxygens (including phenoxy) is 1. The lowest BCUT2D eigenvalue weighted by molar-refractivity contribution is -0.147. The Labute approximate surface area is 159 Å². The number of carboxylic acids is 1. The molecule has 0 saturated heterocycles. The summed E-state index contributed by atoms with van der Waals surface area (Å²) in [5.41, 5.74) is 0. The van der Waals surface area contributed by atoms with Gasteiger partial charge in [-0.1, -0.05) is 90.4 Å². The lowest BCUT2D eigenvalue weighted by Crippen LogP contribution is -2.21. The highest BCUT2D eigenvalue weighted by Crippen LogP contribution is 2.13. The standard InChI is InChI=1S/C20H38O4S/c1-2-3-4-5-6-7-8-9-10-11-12-13-14-15-16-24-20(23)18(25)17-19(21)22/h18,25H,2-17H2,1H3,(H,21,22). The molecule has 0 aromatic carbocycles. The van der Waals surface area contributed by atoms with Gasteiger partial charge in [-0.15, -0.1) is 0 Å². The molecule has 25 heavy (non-hydrogen) atoms. The second-order valence-electron chi connectivity index (χ2n) is 6.88. The third kappa shape index (κ3) is 17.9. The van der Waals surface area contributed by atoms with Crippen molar-refractivity contribution >= 4 is 24.6 Å². The minimum atomic E-state index is -1.03. The van der Waals surface area contributed by atoms with Crippen LogP contribution in [0.4, 0.5) is 0 Å². The van der Waals surface area contributed by atoms with E-state index in [0.29, 0.717) is 6.61 Å². The van der Waals surface area contributed by atoms with E-state index in [-0.39, 0.29) is 6.42 Å². The normalized spacial score (nSPS) is 12.1. The zero-order valence-corrected chi connectivity index (χ0v) is 16.9. The first-order valence-corrected chi connectivity index (χ1v) is 10.7. The maximum Gasteiger partial charge on any atom is 0.319 e. The zero-order valence-electron chi connectivity index (χ0n) is 16.0. The number of unbranched alkanes of at least 4 members (excludes halogenated alkanes) is 13. The van der Waals surface area contributed by atoms with Crippen molar-refractivity contribution in [3.05, 3.63) is 0 Å². The van der Waals surface area contributed by atoms with Gasteiger partial charge in [0.15, 0.2) is 0 Å². The van der Waals surface area contributed by atoms with Crippen molar-refractivity contribution in [1.82, 2.24) is 0 Å². The summed E-state index contributed by atoms with van der Waals surface area (Å²) in [4.78, 5) is 21.9. The molecule has 5 heteroatoms. The predicted molar refractivity (Wildman–Crippen MR) is 106 cm³/mol. The fourth-order valence-electron chi connectivity index (χ4n) is 2.81. The summed E-state index contributed by atoms with van der Waals surface area (Å²) in [5.74, 6) is -1.56. The van der Waals surface area contributed by atoms with Crippen molar-refractivity contribution in [2.75, 3.05) is 6.61 Å². The fourth-order valence-corrected chi connectivity index (χ4v) is 3.05. The van der Waals surface area contributed by atoms with Gasteiger partial charge in [-0.2, -0.15) is 12.6 Å². The van der Waals surface area contributed by atoms with Crippen LogP contribution in [-0.4, -0.2) is 28.9 Å². The van der Waals surface area contributed by atoms with Crippen LogP contribution in [0.25, 0.3) is 0 Å². The van der Waals surface area contributed by atoms with E-state index in [1.807, 2.05) is 0 Å². The molecule has 0 amide bonds. The van der Waals surface area contributed by atoms with Gasteiger partial charge in [0.1, 0.15) is 5.25 Å². The molecule has 0 aromatic rings. The molecule has 0 fully saturated rings. The van der Waals surface area contributed by atoms with Gasteiger partial charge >= 0.3 is 11.9 Å². The molecule has 0 aliphatic rings. The van der Waals surface area contributed by atoms with Gasteiger partial charge in [0.25, 0.3) is 0 Å². The van der Waals surface area contributed by atoms with E-state index in [1.54, 1.807) is 0 Å². The molecule has 1 atom stereocenters. The Bertz CT molecular complexity index is 334. The van der Waals surface area contributed by atoms with Crippen molar-refractivity contribution in [1.29, 1.82) is 0 Å². The summed E-state index contributed by atoms with van der Waals surface area (Å²) in [6.45, 7) is 2.62.